The molecule has 0 unspecified atom stereocenters. The highest BCUT2D eigenvalue weighted by Gasteiger charge is 2.07. The van der Waals surface area contributed by atoms with Gasteiger partial charge in [-0.05, 0) is 18.2 Å². The fourth-order valence-corrected chi connectivity index (χ4v) is 2.15. The second kappa shape index (κ2) is 6.83. The van der Waals surface area contributed by atoms with Crippen LogP contribution in [0.2, 0.25) is 0 Å². The molecular formula is C17H16FN5. The average Bonchev–Trinajstić information content (AvgIpc) is 2.61. The molecule has 0 spiro atoms. The van der Waals surface area contributed by atoms with Gasteiger partial charge in [-0.1, -0.05) is 18.2 Å². The maximum absolute atomic E-state index is 13.7. The number of hydrogen-bond donors (Lipinski definition) is 2. The van der Waals surface area contributed by atoms with E-state index in [-0.39, 0.29) is 5.82 Å². The van der Waals surface area contributed by atoms with Crippen molar-refractivity contribution < 1.29 is 4.39 Å². The Labute approximate surface area is 133 Å². The largest absolute Gasteiger partial charge is 0.366 e. The smallest absolute Gasteiger partial charge is 0.224 e. The minimum Gasteiger partial charge on any atom is -0.366 e. The molecule has 0 radical (unpaired) electrons. The third-order valence-corrected chi connectivity index (χ3v) is 3.34. The molecule has 1 aromatic carbocycles. The van der Waals surface area contributed by atoms with Crippen molar-refractivity contribution in [1.29, 1.82) is 0 Å². The van der Waals surface area contributed by atoms with E-state index in [2.05, 4.69) is 25.6 Å². The Balaban J connectivity index is 1.86. The van der Waals surface area contributed by atoms with Crippen LogP contribution >= 0.6 is 0 Å². The summed E-state index contributed by atoms with van der Waals surface area (Å²) in [5.41, 5.74) is 2.29. The van der Waals surface area contributed by atoms with Gasteiger partial charge in [0.25, 0.3) is 0 Å². The number of nitrogens with one attached hydrogen (secondary N) is 2. The zero-order valence-corrected chi connectivity index (χ0v) is 12.6. The number of pyridine rings is 1. The van der Waals surface area contributed by atoms with Crippen LogP contribution in [0.1, 0.15) is 5.56 Å². The van der Waals surface area contributed by atoms with Crippen molar-refractivity contribution in [2.75, 3.05) is 17.7 Å². The summed E-state index contributed by atoms with van der Waals surface area (Å²) in [7, 11) is 1.76. The molecule has 0 aliphatic carbocycles. The molecule has 0 aliphatic rings. The van der Waals surface area contributed by atoms with Crippen molar-refractivity contribution in [3.8, 4) is 11.3 Å². The second-order valence-electron chi connectivity index (χ2n) is 4.89. The number of rotatable bonds is 5. The molecule has 2 heterocycles. The highest BCUT2D eigenvalue weighted by Crippen LogP contribution is 2.21. The minimum absolute atomic E-state index is 0.239. The van der Waals surface area contributed by atoms with E-state index in [9.17, 15) is 4.39 Å². The second-order valence-corrected chi connectivity index (χ2v) is 4.89. The third kappa shape index (κ3) is 3.60. The Kier molecular flexibility index (Phi) is 4.42. The van der Waals surface area contributed by atoms with Gasteiger partial charge in [-0.3, -0.25) is 4.98 Å². The monoisotopic (exact) mass is 309 g/mol. The molecule has 0 saturated carbocycles. The summed E-state index contributed by atoms with van der Waals surface area (Å²) in [4.78, 5) is 12.8. The molecule has 3 rings (SSSR count). The normalized spacial score (nSPS) is 10.3. The molecular weight excluding hydrogens is 293 g/mol. The number of benzene rings is 1. The Morgan fingerprint density at radius 2 is 1.83 bits per heavy atom. The predicted octanol–water partition coefficient (Wildman–Crippen LogP) is 3.33. The highest BCUT2D eigenvalue weighted by molar-refractivity contribution is 5.63. The lowest BCUT2D eigenvalue weighted by atomic mass is 10.2. The molecule has 0 fully saturated rings. The number of nitrogens with zero attached hydrogens (tertiary/aromatic N) is 3. The third-order valence-electron chi connectivity index (χ3n) is 3.34. The van der Waals surface area contributed by atoms with Crippen LogP contribution < -0.4 is 10.6 Å². The number of hydrogen-bond acceptors (Lipinski definition) is 5. The summed E-state index contributed by atoms with van der Waals surface area (Å²) in [6.07, 6.45) is 3.42. The van der Waals surface area contributed by atoms with Crippen LogP contribution in [0.4, 0.5) is 16.2 Å². The van der Waals surface area contributed by atoms with Crippen molar-refractivity contribution in [3.63, 3.8) is 0 Å². The van der Waals surface area contributed by atoms with E-state index in [0.29, 0.717) is 23.9 Å². The van der Waals surface area contributed by atoms with Gasteiger partial charge in [-0.2, -0.15) is 4.98 Å². The molecule has 2 aromatic heterocycles. The van der Waals surface area contributed by atoms with Gasteiger partial charge in [0.1, 0.15) is 11.6 Å². The lowest BCUT2D eigenvalue weighted by Gasteiger charge is -2.10. The van der Waals surface area contributed by atoms with Gasteiger partial charge >= 0.3 is 0 Å². The molecule has 3 aromatic rings. The first-order valence-corrected chi connectivity index (χ1v) is 7.21. The maximum atomic E-state index is 13.7. The molecule has 0 bridgehead atoms. The van der Waals surface area contributed by atoms with E-state index < -0.39 is 0 Å². The van der Waals surface area contributed by atoms with Crippen molar-refractivity contribution in [3.05, 3.63) is 66.2 Å². The quantitative estimate of drug-likeness (QED) is 0.757. The van der Waals surface area contributed by atoms with E-state index in [1.54, 1.807) is 31.6 Å². The number of anilines is 2. The summed E-state index contributed by atoms with van der Waals surface area (Å²) in [6, 6.07) is 12.2. The van der Waals surface area contributed by atoms with Crippen LogP contribution in [0.25, 0.3) is 11.3 Å². The Bertz CT molecular complexity index is 792. The van der Waals surface area contributed by atoms with Gasteiger partial charge in [-0.25, -0.2) is 9.37 Å². The van der Waals surface area contributed by atoms with Gasteiger partial charge in [0.2, 0.25) is 5.95 Å². The fraction of sp³-hybridized carbons (Fsp3) is 0.118. The summed E-state index contributed by atoms with van der Waals surface area (Å²) in [6.45, 7) is 0.350. The summed E-state index contributed by atoms with van der Waals surface area (Å²) >= 11 is 0. The number of aromatic nitrogens is 3. The van der Waals surface area contributed by atoms with E-state index in [1.807, 2.05) is 24.3 Å². The zero-order chi connectivity index (χ0) is 16.1. The maximum Gasteiger partial charge on any atom is 0.224 e. The van der Waals surface area contributed by atoms with Gasteiger partial charge < -0.3 is 10.6 Å². The zero-order valence-electron chi connectivity index (χ0n) is 12.6. The molecule has 23 heavy (non-hydrogen) atoms. The lowest BCUT2D eigenvalue weighted by Crippen LogP contribution is -2.06. The predicted molar refractivity (Wildman–Crippen MR) is 88.5 cm³/mol. The first kappa shape index (κ1) is 14.9. The standard InChI is InChI=1S/C17H16FN5/c1-19-17-22-15(12-6-8-20-9-7-12)10-16(23-17)21-11-13-4-2-3-5-14(13)18/h2-10H,11H2,1H3,(H2,19,21,22,23). The van der Waals surface area contributed by atoms with Crippen molar-refractivity contribution >= 4 is 11.8 Å². The van der Waals surface area contributed by atoms with Gasteiger partial charge in [0.15, 0.2) is 0 Å². The van der Waals surface area contributed by atoms with E-state index >= 15 is 0 Å². The van der Waals surface area contributed by atoms with Crippen LogP contribution in [0.3, 0.4) is 0 Å². The Morgan fingerprint density at radius 1 is 1.04 bits per heavy atom. The molecule has 0 saturated heterocycles. The topological polar surface area (TPSA) is 62.7 Å². The van der Waals surface area contributed by atoms with E-state index in [1.165, 1.54) is 6.07 Å². The first-order chi connectivity index (χ1) is 11.3. The molecule has 116 valence electrons. The van der Waals surface area contributed by atoms with Gasteiger partial charge in [-0.15, -0.1) is 0 Å². The summed E-state index contributed by atoms with van der Waals surface area (Å²) in [5.74, 6) is 0.881. The SMILES string of the molecule is CNc1nc(NCc2ccccc2F)cc(-c2ccncc2)n1. The van der Waals surface area contributed by atoms with Crippen LogP contribution in [-0.4, -0.2) is 22.0 Å². The van der Waals surface area contributed by atoms with Gasteiger partial charge in [0, 0.05) is 43.2 Å². The molecule has 0 atom stereocenters. The molecule has 5 nitrogen and oxygen atoms in total. The van der Waals surface area contributed by atoms with Crippen molar-refractivity contribution in [2.24, 2.45) is 0 Å². The van der Waals surface area contributed by atoms with Crippen LogP contribution in [0, 0.1) is 5.82 Å². The highest BCUT2D eigenvalue weighted by atomic mass is 19.1. The minimum atomic E-state index is -0.239. The van der Waals surface area contributed by atoms with Crippen LogP contribution in [-0.2, 0) is 6.54 Å². The van der Waals surface area contributed by atoms with Gasteiger partial charge in [0.05, 0.1) is 5.69 Å². The summed E-state index contributed by atoms with van der Waals surface area (Å²) in [5, 5.41) is 6.08. The van der Waals surface area contributed by atoms with E-state index in [4.69, 9.17) is 0 Å². The van der Waals surface area contributed by atoms with Crippen molar-refractivity contribution in [1.82, 2.24) is 15.0 Å². The number of halogens is 1. The Morgan fingerprint density at radius 3 is 2.57 bits per heavy atom. The Hall–Kier alpha value is -3.02. The summed E-state index contributed by atoms with van der Waals surface area (Å²) < 4.78 is 13.7. The molecule has 6 heteroatoms. The molecule has 2 N–H and O–H groups in total. The first-order valence-electron chi connectivity index (χ1n) is 7.21. The van der Waals surface area contributed by atoms with Crippen LogP contribution in [0.15, 0.2) is 54.9 Å². The van der Waals surface area contributed by atoms with Crippen LogP contribution in [0.5, 0.6) is 0 Å². The molecule has 0 amide bonds. The lowest BCUT2D eigenvalue weighted by molar-refractivity contribution is 0.613. The average molecular weight is 309 g/mol. The van der Waals surface area contributed by atoms with Crippen molar-refractivity contribution in [2.45, 2.75) is 6.54 Å². The molecule has 0 aliphatic heterocycles. The fourth-order valence-electron chi connectivity index (χ4n) is 2.15. The van der Waals surface area contributed by atoms with E-state index in [0.717, 1.165) is 11.3 Å².